The number of rotatable bonds is 3. The molecule has 2 rings (SSSR count). The first kappa shape index (κ1) is 14.3. The molecule has 1 fully saturated rings. The van der Waals surface area contributed by atoms with E-state index in [1.165, 1.54) is 10.8 Å². The zero-order valence-electron chi connectivity index (χ0n) is 10.2. The number of aliphatic hydroxyl groups excluding tert-OH is 2. The third-order valence-corrected chi connectivity index (χ3v) is 3.58. The molecule has 2 heterocycles. The number of aryl methyl sites for hydroxylation is 1. The van der Waals surface area contributed by atoms with E-state index < -0.39 is 29.7 Å². The van der Waals surface area contributed by atoms with Gasteiger partial charge in [0.2, 0.25) is 0 Å². The Bertz CT molecular complexity index is 584. The summed E-state index contributed by atoms with van der Waals surface area (Å²) in [6.45, 7) is 1.22. The third-order valence-electron chi connectivity index (χ3n) is 3.05. The minimum Gasteiger partial charge on any atom is -0.394 e. The molecule has 9 heteroatoms. The van der Waals surface area contributed by atoms with Gasteiger partial charge < -0.3 is 14.9 Å². The maximum atomic E-state index is 12.1. The molecule has 106 valence electrons. The summed E-state index contributed by atoms with van der Waals surface area (Å²) in [7, 11) is 0. The summed E-state index contributed by atoms with van der Waals surface area (Å²) in [5, 5.41) is 24.0. The first-order valence-corrected chi connectivity index (χ1v) is 6.49. The number of aliphatic hydroxyl groups is 2. The Hall–Kier alpha value is -1.13. The van der Waals surface area contributed by atoms with Gasteiger partial charge in [-0.1, -0.05) is 0 Å². The van der Waals surface area contributed by atoms with Crippen molar-refractivity contribution in [2.75, 3.05) is 6.61 Å². The molecule has 3 atom stereocenters. The van der Waals surface area contributed by atoms with Crippen molar-refractivity contribution in [2.24, 2.45) is 5.14 Å². The minimum atomic E-state index is -0.854. The van der Waals surface area contributed by atoms with Gasteiger partial charge in [0.15, 0.2) is 0 Å². The SMILES string of the molecule is Cc1cn([C@H]2C[C@H](O)[C@@H](CO)O2)c(=O)n(SN)c1=O. The Labute approximate surface area is 112 Å². The van der Waals surface area contributed by atoms with Gasteiger partial charge in [-0.15, -0.1) is 0 Å². The van der Waals surface area contributed by atoms with Gasteiger partial charge in [0.1, 0.15) is 12.3 Å². The lowest BCUT2D eigenvalue weighted by Crippen LogP contribution is -2.40. The Balaban J connectivity index is 2.45. The van der Waals surface area contributed by atoms with Crippen LogP contribution in [0, 0.1) is 6.92 Å². The standard InChI is InChI=1S/C10H15N3O5S/c1-5-3-12(10(17)13(19-11)9(5)16)8-2-6(15)7(4-14)18-8/h3,6-8,14-15H,2,4,11H2,1H3/t6-,7+,8+/m0/s1. The van der Waals surface area contributed by atoms with E-state index in [1.807, 2.05) is 0 Å². The number of aromatic nitrogens is 2. The summed E-state index contributed by atoms with van der Waals surface area (Å²) in [5.74, 6) is 0. The molecule has 0 saturated carbocycles. The average Bonchev–Trinajstić information content (AvgIpc) is 2.75. The van der Waals surface area contributed by atoms with Crippen molar-refractivity contribution in [3.63, 3.8) is 0 Å². The maximum absolute atomic E-state index is 12.1. The van der Waals surface area contributed by atoms with Crippen LogP contribution in [0.4, 0.5) is 0 Å². The molecular weight excluding hydrogens is 274 g/mol. The fourth-order valence-corrected chi connectivity index (χ4v) is 2.44. The summed E-state index contributed by atoms with van der Waals surface area (Å²) < 4.78 is 7.40. The molecule has 0 amide bonds. The second kappa shape index (κ2) is 5.47. The highest BCUT2D eigenvalue weighted by molar-refractivity contribution is 7.95. The predicted octanol–water partition coefficient (Wildman–Crippen LogP) is -1.67. The largest absolute Gasteiger partial charge is 0.394 e. The molecule has 0 aliphatic carbocycles. The summed E-state index contributed by atoms with van der Waals surface area (Å²) in [4.78, 5) is 23.8. The van der Waals surface area contributed by atoms with Crippen LogP contribution in [0.5, 0.6) is 0 Å². The van der Waals surface area contributed by atoms with Gasteiger partial charge in [-0.05, 0) is 6.92 Å². The fraction of sp³-hybridized carbons (Fsp3) is 0.600. The van der Waals surface area contributed by atoms with Crippen LogP contribution in [-0.4, -0.2) is 37.6 Å². The van der Waals surface area contributed by atoms with Crippen molar-refractivity contribution in [1.82, 2.24) is 8.54 Å². The van der Waals surface area contributed by atoms with Gasteiger partial charge in [-0.2, -0.15) is 3.97 Å². The van der Waals surface area contributed by atoms with Crippen LogP contribution in [0.1, 0.15) is 18.2 Å². The number of ether oxygens (including phenoxy) is 1. The third kappa shape index (κ3) is 2.47. The van der Waals surface area contributed by atoms with E-state index in [1.54, 1.807) is 6.92 Å². The Morgan fingerprint density at radius 2 is 2.26 bits per heavy atom. The number of hydrogen-bond donors (Lipinski definition) is 3. The topological polar surface area (TPSA) is 120 Å². The molecule has 0 aromatic carbocycles. The number of hydrogen-bond acceptors (Lipinski definition) is 7. The maximum Gasteiger partial charge on any atom is 0.344 e. The lowest BCUT2D eigenvalue weighted by atomic mass is 10.2. The summed E-state index contributed by atoms with van der Waals surface area (Å²) in [6, 6.07) is 0. The molecule has 1 aromatic rings. The van der Waals surface area contributed by atoms with Crippen molar-refractivity contribution in [3.05, 3.63) is 32.6 Å². The number of nitrogens with zero attached hydrogens (tertiary/aromatic N) is 2. The van der Waals surface area contributed by atoms with Crippen LogP contribution in [0.2, 0.25) is 0 Å². The molecular formula is C10H15N3O5S. The highest BCUT2D eigenvalue weighted by Crippen LogP contribution is 2.27. The Morgan fingerprint density at radius 1 is 1.58 bits per heavy atom. The van der Waals surface area contributed by atoms with E-state index in [0.29, 0.717) is 17.7 Å². The van der Waals surface area contributed by atoms with E-state index in [4.69, 9.17) is 15.0 Å². The highest BCUT2D eigenvalue weighted by Gasteiger charge is 2.35. The second-order valence-electron chi connectivity index (χ2n) is 4.32. The van der Waals surface area contributed by atoms with Crippen LogP contribution in [0.15, 0.2) is 15.8 Å². The van der Waals surface area contributed by atoms with Gasteiger partial charge in [0, 0.05) is 30.3 Å². The van der Waals surface area contributed by atoms with Crippen LogP contribution >= 0.6 is 12.1 Å². The Morgan fingerprint density at radius 3 is 2.79 bits per heavy atom. The molecule has 19 heavy (non-hydrogen) atoms. The van der Waals surface area contributed by atoms with Gasteiger partial charge in [0.05, 0.1) is 12.7 Å². The molecule has 1 saturated heterocycles. The van der Waals surface area contributed by atoms with Crippen molar-refractivity contribution < 1.29 is 14.9 Å². The molecule has 0 spiro atoms. The average molecular weight is 289 g/mol. The van der Waals surface area contributed by atoms with Crippen LogP contribution < -0.4 is 16.4 Å². The first-order valence-electron chi connectivity index (χ1n) is 5.66. The molecule has 1 aliphatic rings. The van der Waals surface area contributed by atoms with Gasteiger partial charge in [0.25, 0.3) is 5.56 Å². The summed E-state index contributed by atoms with van der Waals surface area (Å²) >= 11 is 0.520. The summed E-state index contributed by atoms with van der Waals surface area (Å²) in [5.41, 5.74) is -0.770. The van der Waals surface area contributed by atoms with Crippen molar-refractivity contribution in [2.45, 2.75) is 31.8 Å². The fourth-order valence-electron chi connectivity index (χ4n) is 2.02. The van der Waals surface area contributed by atoms with Gasteiger partial charge >= 0.3 is 5.69 Å². The lowest BCUT2D eigenvalue weighted by molar-refractivity contribution is -0.0460. The second-order valence-corrected chi connectivity index (χ2v) is 4.90. The van der Waals surface area contributed by atoms with Crippen molar-refractivity contribution in [1.29, 1.82) is 0 Å². The quantitative estimate of drug-likeness (QED) is 0.569. The molecule has 1 aromatic heterocycles. The predicted molar refractivity (Wildman–Crippen MR) is 68.5 cm³/mol. The molecule has 0 radical (unpaired) electrons. The molecule has 8 nitrogen and oxygen atoms in total. The normalized spacial score (nSPS) is 26.8. The lowest BCUT2D eigenvalue weighted by Gasteiger charge is -2.16. The monoisotopic (exact) mass is 289 g/mol. The summed E-state index contributed by atoms with van der Waals surface area (Å²) in [6.07, 6.45) is -0.777. The molecule has 1 aliphatic heterocycles. The van der Waals surface area contributed by atoms with E-state index in [9.17, 15) is 14.7 Å². The van der Waals surface area contributed by atoms with Crippen molar-refractivity contribution in [3.8, 4) is 0 Å². The molecule has 0 unspecified atom stereocenters. The van der Waals surface area contributed by atoms with Gasteiger partial charge in [-0.3, -0.25) is 14.5 Å². The van der Waals surface area contributed by atoms with Crippen molar-refractivity contribution >= 4 is 12.1 Å². The van der Waals surface area contributed by atoms with Crippen LogP contribution in [0.3, 0.4) is 0 Å². The van der Waals surface area contributed by atoms with E-state index in [0.717, 1.165) is 3.97 Å². The van der Waals surface area contributed by atoms with Crippen LogP contribution in [0.25, 0.3) is 0 Å². The molecule has 0 bridgehead atoms. The minimum absolute atomic E-state index is 0.165. The highest BCUT2D eigenvalue weighted by atomic mass is 32.2. The number of nitrogens with two attached hydrogens (primary N) is 1. The van der Waals surface area contributed by atoms with Gasteiger partial charge in [-0.25, -0.2) is 4.79 Å². The first-order chi connectivity index (χ1) is 8.99. The zero-order chi connectivity index (χ0) is 14.2. The van der Waals surface area contributed by atoms with E-state index in [2.05, 4.69) is 0 Å². The zero-order valence-corrected chi connectivity index (χ0v) is 11.0. The molecule has 4 N–H and O–H groups in total. The van der Waals surface area contributed by atoms with E-state index >= 15 is 0 Å². The smallest absolute Gasteiger partial charge is 0.344 e. The Kier molecular flexibility index (Phi) is 4.11. The van der Waals surface area contributed by atoms with E-state index in [-0.39, 0.29) is 13.0 Å². The van der Waals surface area contributed by atoms with Crippen LogP contribution in [-0.2, 0) is 4.74 Å².